The molecular weight excluding hydrogens is 441 g/mol. The largest absolute Gasteiger partial charge is 0.326 e. The smallest absolute Gasteiger partial charge is 0.258 e. The molecule has 2 heterocycles. The summed E-state index contributed by atoms with van der Waals surface area (Å²) in [5, 5.41) is 8.86. The standard InChI is InChI=1S/C21H17Cl2N5O3/c1-10-2-5-12(6-3-10)24-21-27-18-17(20(31)28-21)13(9-16(29)26-18)19(30)25-15-7-4-11(22)8-14(15)23/h2-8,13H,9H2,1H3,(H,25,30)(H3,24,26,27,28,29,31)/t13-/m0/s1. The van der Waals surface area contributed by atoms with Gasteiger partial charge in [0, 0.05) is 17.1 Å². The minimum Gasteiger partial charge on any atom is -0.326 e. The summed E-state index contributed by atoms with van der Waals surface area (Å²) in [6, 6.07) is 12.1. The molecule has 0 spiro atoms. The minimum absolute atomic E-state index is 0.0389. The summed E-state index contributed by atoms with van der Waals surface area (Å²) in [7, 11) is 0. The quantitative estimate of drug-likeness (QED) is 0.468. The second-order valence-electron chi connectivity index (χ2n) is 7.09. The number of aromatic nitrogens is 2. The first-order chi connectivity index (χ1) is 14.8. The Bertz CT molecular complexity index is 1240. The van der Waals surface area contributed by atoms with Crippen molar-refractivity contribution in [2.75, 3.05) is 16.0 Å². The molecule has 0 fully saturated rings. The van der Waals surface area contributed by atoms with E-state index in [-0.39, 0.29) is 28.8 Å². The molecule has 4 N–H and O–H groups in total. The summed E-state index contributed by atoms with van der Waals surface area (Å²) in [5.74, 6) is -1.81. The number of anilines is 4. The maximum absolute atomic E-state index is 12.9. The van der Waals surface area contributed by atoms with Gasteiger partial charge in [-0.2, -0.15) is 4.98 Å². The lowest BCUT2D eigenvalue weighted by Gasteiger charge is -2.24. The molecule has 31 heavy (non-hydrogen) atoms. The van der Waals surface area contributed by atoms with Gasteiger partial charge in [-0.05, 0) is 37.3 Å². The predicted molar refractivity (Wildman–Crippen MR) is 120 cm³/mol. The van der Waals surface area contributed by atoms with Gasteiger partial charge in [-0.25, -0.2) is 0 Å². The number of amides is 2. The third kappa shape index (κ3) is 4.55. The van der Waals surface area contributed by atoms with E-state index in [0.29, 0.717) is 16.4 Å². The summed E-state index contributed by atoms with van der Waals surface area (Å²) < 4.78 is 0. The van der Waals surface area contributed by atoms with Crippen LogP contribution in [0, 0.1) is 6.92 Å². The Morgan fingerprint density at radius 2 is 1.87 bits per heavy atom. The van der Waals surface area contributed by atoms with E-state index < -0.39 is 23.3 Å². The van der Waals surface area contributed by atoms with E-state index >= 15 is 0 Å². The fourth-order valence-electron chi connectivity index (χ4n) is 3.24. The average molecular weight is 458 g/mol. The molecule has 2 amide bonds. The molecule has 0 aliphatic carbocycles. The van der Waals surface area contributed by atoms with Crippen LogP contribution in [0.2, 0.25) is 10.0 Å². The second-order valence-corrected chi connectivity index (χ2v) is 7.93. The van der Waals surface area contributed by atoms with Crippen molar-refractivity contribution in [3.63, 3.8) is 0 Å². The van der Waals surface area contributed by atoms with E-state index in [1.807, 2.05) is 31.2 Å². The Balaban J connectivity index is 1.64. The number of aryl methyl sites for hydroxylation is 1. The number of H-pyrrole nitrogens is 1. The molecule has 2 aromatic carbocycles. The number of carbonyl (C=O) groups is 2. The molecule has 0 unspecified atom stereocenters. The maximum atomic E-state index is 12.9. The number of halogens is 2. The highest BCUT2D eigenvalue weighted by Crippen LogP contribution is 2.32. The van der Waals surface area contributed by atoms with Gasteiger partial charge < -0.3 is 16.0 Å². The van der Waals surface area contributed by atoms with Crippen molar-refractivity contribution in [1.82, 2.24) is 9.97 Å². The molecule has 0 saturated carbocycles. The molecule has 0 radical (unpaired) electrons. The Morgan fingerprint density at radius 1 is 1.13 bits per heavy atom. The zero-order chi connectivity index (χ0) is 22.1. The van der Waals surface area contributed by atoms with Crippen molar-refractivity contribution in [2.24, 2.45) is 0 Å². The average Bonchev–Trinajstić information content (AvgIpc) is 2.71. The number of nitrogens with zero attached hydrogens (tertiary/aromatic N) is 1. The first-order valence-electron chi connectivity index (χ1n) is 9.34. The third-order valence-electron chi connectivity index (χ3n) is 4.77. The van der Waals surface area contributed by atoms with Crippen LogP contribution in [-0.4, -0.2) is 21.8 Å². The van der Waals surface area contributed by atoms with Crippen molar-refractivity contribution >= 4 is 58.2 Å². The third-order valence-corrected chi connectivity index (χ3v) is 5.32. The second kappa shape index (κ2) is 8.41. The van der Waals surface area contributed by atoms with Crippen LogP contribution in [0.1, 0.15) is 23.5 Å². The molecule has 10 heteroatoms. The van der Waals surface area contributed by atoms with Gasteiger partial charge in [-0.3, -0.25) is 19.4 Å². The van der Waals surface area contributed by atoms with Crippen LogP contribution in [0.15, 0.2) is 47.3 Å². The zero-order valence-corrected chi connectivity index (χ0v) is 17.8. The van der Waals surface area contributed by atoms with Crippen molar-refractivity contribution in [1.29, 1.82) is 0 Å². The summed E-state index contributed by atoms with van der Waals surface area (Å²) in [4.78, 5) is 44.8. The van der Waals surface area contributed by atoms with Crippen LogP contribution < -0.4 is 21.5 Å². The first kappa shape index (κ1) is 20.9. The fourth-order valence-corrected chi connectivity index (χ4v) is 3.69. The van der Waals surface area contributed by atoms with Gasteiger partial charge in [0.25, 0.3) is 5.56 Å². The Hall–Kier alpha value is -3.36. The fraction of sp³-hybridized carbons (Fsp3) is 0.143. The maximum Gasteiger partial charge on any atom is 0.258 e. The van der Waals surface area contributed by atoms with Crippen LogP contribution >= 0.6 is 23.2 Å². The summed E-state index contributed by atoms with van der Waals surface area (Å²) in [6.45, 7) is 1.96. The molecule has 158 valence electrons. The summed E-state index contributed by atoms with van der Waals surface area (Å²) >= 11 is 12.0. The van der Waals surface area contributed by atoms with Crippen LogP contribution in [-0.2, 0) is 9.59 Å². The van der Waals surface area contributed by atoms with Crippen LogP contribution in [0.4, 0.5) is 23.1 Å². The highest BCUT2D eigenvalue weighted by Gasteiger charge is 2.35. The lowest BCUT2D eigenvalue weighted by molar-refractivity contribution is -0.123. The van der Waals surface area contributed by atoms with E-state index in [1.54, 1.807) is 12.1 Å². The van der Waals surface area contributed by atoms with Crippen LogP contribution in [0.3, 0.4) is 0 Å². The first-order valence-corrected chi connectivity index (χ1v) is 10.1. The number of fused-ring (bicyclic) bond motifs is 1. The Morgan fingerprint density at radius 3 is 2.58 bits per heavy atom. The number of rotatable bonds is 4. The van der Waals surface area contributed by atoms with E-state index in [9.17, 15) is 14.4 Å². The van der Waals surface area contributed by atoms with Gasteiger partial charge in [0.1, 0.15) is 5.82 Å². The van der Waals surface area contributed by atoms with E-state index in [2.05, 4.69) is 25.9 Å². The number of hydrogen-bond acceptors (Lipinski definition) is 5. The minimum atomic E-state index is -1.03. The topological polar surface area (TPSA) is 116 Å². The summed E-state index contributed by atoms with van der Waals surface area (Å²) in [6.07, 6.45) is -0.195. The van der Waals surface area contributed by atoms with E-state index in [4.69, 9.17) is 23.2 Å². The number of benzene rings is 2. The molecule has 1 atom stereocenters. The Kier molecular flexibility index (Phi) is 5.67. The zero-order valence-electron chi connectivity index (χ0n) is 16.3. The normalized spacial score (nSPS) is 15.1. The van der Waals surface area contributed by atoms with Crippen molar-refractivity contribution in [2.45, 2.75) is 19.3 Å². The Labute approximate surface area is 187 Å². The lowest BCUT2D eigenvalue weighted by atomic mass is 9.92. The number of hydrogen-bond donors (Lipinski definition) is 4. The van der Waals surface area contributed by atoms with Gasteiger partial charge in [-0.1, -0.05) is 40.9 Å². The van der Waals surface area contributed by atoms with Gasteiger partial charge in [0.2, 0.25) is 17.8 Å². The van der Waals surface area contributed by atoms with Crippen molar-refractivity contribution in [3.05, 3.63) is 74.0 Å². The molecule has 1 aliphatic heterocycles. The molecule has 4 rings (SSSR count). The molecule has 0 bridgehead atoms. The lowest BCUT2D eigenvalue weighted by Crippen LogP contribution is -2.36. The van der Waals surface area contributed by atoms with Crippen molar-refractivity contribution in [3.8, 4) is 0 Å². The van der Waals surface area contributed by atoms with Crippen LogP contribution in [0.25, 0.3) is 0 Å². The van der Waals surface area contributed by atoms with Gasteiger partial charge in [0.05, 0.1) is 22.2 Å². The van der Waals surface area contributed by atoms with Crippen molar-refractivity contribution < 1.29 is 9.59 Å². The van der Waals surface area contributed by atoms with Crippen LogP contribution in [0.5, 0.6) is 0 Å². The molecule has 1 aromatic heterocycles. The van der Waals surface area contributed by atoms with Gasteiger partial charge in [0.15, 0.2) is 0 Å². The van der Waals surface area contributed by atoms with Gasteiger partial charge in [-0.15, -0.1) is 0 Å². The van der Waals surface area contributed by atoms with E-state index in [1.165, 1.54) is 6.07 Å². The number of aromatic amines is 1. The monoisotopic (exact) mass is 457 g/mol. The highest BCUT2D eigenvalue weighted by molar-refractivity contribution is 6.36. The molecule has 0 saturated heterocycles. The predicted octanol–water partition coefficient (Wildman–Crippen LogP) is 4.19. The molecular formula is C21H17Cl2N5O3. The molecule has 8 nitrogen and oxygen atoms in total. The van der Waals surface area contributed by atoms with E-state index in [0.717, 1.165) is 5.56 Å². The summed E-state index contributed by atoms with van der Waals surface area (Å²) in [5.41, 5.74) is 1.67. The molecule has 3 aromatic rings. The molecule has 1 aliphatic rings. The number of carbonyl (C=O) groups excluding carboxylic acids is 2. The SMILES string of the molecule is Cc1ccc(Nc2nc3c(c(=O)[nH]2)[C@@H](C(=O)Nc2ccc(Cl)cc2Cl)CC(=O)N3)cc1. The highest BCUT2D eigenvalue weighted by atomic mass is 35.5. The van der Waals surface area contributed by atoms with Gasteiger partial charge >= 0.3 is 0 Å². The number of nitrogens with one attached hydrogen (secondary N) is 4.